The van der Waals surface area contributed by atoms with Gasteiger partial charge in [-0.25, -0.2) is 18.3 Å². The average Bonchev–Trinajstić information content (AvgIpc) is 3.30. The number of anilines is 1. The lowest BCUT2D eigenvalue weighted by Gasteiger charge is -2.07. The molecule has 0 spiro atoms. The predicted molar refractivity (Wildman–Crippen MR) is 109 cm³/mol. The lowest BCUT2D eigenvalue weighted by Crippen LogP contribution is -2.21. The van der Waals surface area contributed by atoms with Crippen molar-refractivity contribution in [2.75, 3.05) is 11.9 Å². The summed E-state index contributed by atoms with van der Waals surface area (Å²) in [4.78, 5) is 25.4. The standard InChI is InChI=1S/C21H15F2N3O3S/c1-12-14-10-17(30-20(14)26(25-12)13-6-3-2-4-7-13)21(28)29-11-18(27)24-19-15(22)8-5-9-16(19)23/h2-10H,11H2,1H3,(H,24,27). The Hall–Kier alpha value is -3.59. The molecule has 0 unspecified atom stereocenters. The van der Waals surface area contributed by atoms with Crippen LogP contribution in [0.2, 0.25) is 0 Å². The number of nitrogens with zero attached hydrogens (tertiary/aromatic N) is 2. The molecular formula is C21H15F2N3O3S. The predicted octanol–water partition coefficient (Wildman–Crippen LogP) is 4.47. The van der Waals surface area contributed by atoms with Gasteiger partial charge in [0.1, 0.15) is 27.0 Å². The third-order valence-corrected chi connectivity index (χ3v) is 5.40. The van der Waals surface area contributed by atoms with Crippen molar-refractivity contribution in [2.24, 2.45) is 0 Å². The lowest BCUT2D eigenvalue weighted by molar-refractivity contribution is -0.119. The number of carbonyl (C=O) groups excluding carboxylic acids is 2. The van der Waals surface area contributed by atoms with E-state index in [0.29, 0.717) is 4.88 Å². The Labute approximate surface area is 173 Å². The SMILES string of the molecule is Cc1nn(-c2ccccc2)c2sc(C(=O)OCC(=O)Nc3c(F)cccc3F)cc12. The van der Waals surface area contributed by atoms with Crippen molar-refractivity contribution in [3.8, 4) is 5.69 Å². The zero-order valence-corrected chi connectivity index (χ0v) is 16.5. The van der Waals surface area contributed by atoms with Crippen LogP contribution in [0.15, 0.2) is 54.6 Å². The van der Waals surface area contributed by atoms with Gasteiger partial charge in [-0.2, -0.15) is 5.10 Å². The van der Waals surface area contributed by atoms with Gasteiger partial charge < -0.3 is 10.1 Å². The molecule has 9 heteroatoms. The van der Waals surface area contributed by atoms with Gasteiger partial charge >= 0.3 is 5.97 Å². The highest BCUT2D eigenvalue weighted by Crippen LogP contribution is 2.30. The number of rotatable bonds is 5. The Morgan fingerprint density at radius 2 is 1.80 bits per heavy atom. The first-order valence-corrected chi connectivity index (χ1v) is 9.71. The Morgan fingerprint density at radius 1 is 1.10 bits per heavy atom. The van der Waals surface area contributed by atoms with Gasteiger partial charge in [-0.05, 0) is 37.3 Å². The second kappa shape index (κ2) is 8.03. The molecule has 152 valence electrons. The molecule has 0 bridgehead atoms. The first-order valence-electron chi connectivity index (χ1n) is 8.89. The number of ether oxygens (including phenoxy) is 1. The Kier molecular flexibility index (Phi) is 5.28. The van der Waals surface area contributed by atoms with Crippen molar-refractivity contribution >= 4 is 39.1 Å². The van der Waals surface area contributed by atoms with Crippen molar-refractivity contribution in [3.63, 3.8) is 0 Å². The van der Waals surface area contributed by atoms with Crippen molar-refractivity contribution in [1.29, 1.82) is 0 Å². The summed E-state index contributed by atoms with van der Waals surface area (Å²) >= 11 is 1.18. The van der Waals surface area contributed by atoms with Gasteiger partial charge in [0, 0.05) is 5.39 Å². The molecule has 6 nitrogen and oxygen atoms in total. The van der Waals surface area contributed by atoms with Crippen LogP contribution in [0.4, 0.5) is 14.5 Å². The minimum absolute atomic E-state index is 0.292. The van der Waals surface area contributed by atoms with E-state index in [9.17, 15) is 18.4 Å². The van der Waals surface area contributed by atoms with Crippen LogP contribution in [0.5, 0.6) is 0 Å². The molecule has 2 aromatic heterocycles. The largest absolute Gasteiger partial charge is 0.451 e. The number of fused-ring (bicyclic) bond motifs is 1. The van der Waals surface area contributed by atoms with Gasteiger partial charge in [-0.15, -0.1) is 11.3 Å². The molecule has 0 aliphatic rings. The summed E-state index contributed by atoms with van der Waals surface area (Å²) in [5.74, 6) is -3.39. The van der Waals surface area contributed by atoms with E-state index in [1.165, 1.54) is 17.4 Å². The minimum Gasteiger partial charge on any atom is -0.451 e. The number of nitrogens with one attached hydrogen (secondary N) is 1. The number of hydrogen-bond donors (Lipinski definition) is 1. The second-order valence-corrected chi connectivity index (χ2v) is 7.41. The van der Waals surface area contributed by atoms with Gasteiger partial charge in [0.25, 0.3) is 5.91 Å². The van der Waals surface area contributed by atoms with Crippen LogP contribution in [0, 0.1) is 18.6 Å². The van der Waals surface area contributed by atoms with Crippen LogP contribution in [-0.2, 0) is 9.53 Å². The van der Waals surface area contributed by atoms with Crippen LogP contribution in [0.25, 0.3) is 15.9 Å². The summed E-state index contributed by atoms with van der Waals surface area (Å²) in [6.07, 6.45) is 0. The summed E-state index contributed by atoms with van der Waals surface area (Å²) in [5.41, 5.74) is 1.01. The number of esters is 1. The third kappa shape index (κ3) is 3.79. The van der Waals surface area contributed by atoms with Crippen molar-refractivity contribution in [2.45, 2.75) is 6.92 Å². The molecule has 0 saturated carbocycles. The fourth-order valence-corrected chi connectivity index (χ4v) is 3.96. The maximum atomic E-state index is 13.6. The second-order valence-electron chi connectivity index (χ2n) is 6.38. The van der Waals surface area contributed by atoms with E-state index in [2.05, 4.69) is 10.4 Å². The van der Waals surface area contributed by atoms with Crippen LogP contribution in [-0.4, -0.2) is 28.3 Å². The fraction of sp³-hybridized carbons (Fsp3) is 0.0952. The first kappa shape index (κ1) is 19.7. The highest BCUT2D eigenvalue weighted by molar-refractivity contribution is 7.20. The summed E-state index contributed by atoms with van der Waals surface area (Å²) in [6.45, 7) is 1.16. The zero-order chi connectivity index (χ0) is 21.3. The van der Waals surface area contributed by atoms with Gasteiger partial charge in [0.15, 0.2) is 6.61 Å². The highest BCUT2D eigenvalue weighted by Gasteiger charge is 2.19. The summed E-state index contributed by atoms with van der Waals surface area (Å²) in [5, 5.41) is 7.37. The number of amides is 1. The molecule has 1 N–H and O–H groups in total. The van der Waals surface area contributed by atoms with Crippen molar-refractivity contribution in [3.05, 3.63) is 76.8 Å². The number of para-hydroxylation sites is 2. The summed E-state index contributed by atoms with van der Waals surface area (Å²) in [6, 6.07) is 14.3. The Morgan fingerprint density at radius 3 is 2.50 bits per heavy atom. The molecule has 1 amide bonds. The maximum Gasteiger partial charge on any atom is 0.348 e. The summed E-state index contributed by atoms with van der Waals surface area (Å²) < 4.78 is 34.0. The topological polar surface area (TPSA) is 73.2 Å². The molecule has 0 atom stereocenters. The van der Waals surface area contributed by atoms with E-state index in [0.717, 1.165) is 33.7 Å². The summed E-state index contributed by atoms with van der Waals surface area (Å²) in [7, 11) is 0. The molecule has 0 aliphatic carbocycles. The van der Waals surface area contributed by atoms with Crippen LogP contribution in [0.1, 0.15) is 15.4 Å². The van der Waals surface area contributed by atoms with E-state index in [1.54, 1.807) is 10.7 Å². The number of aryl methyl sites for hydroxylation is 1. The number of benzene rings is 2. The van der Waals surface area contributed by atoms with E-state index >= 15 is 0 Å². The van der Waals surface area contributed by atoms with E-state index in [4.69, 9.17) is 4.74 Å². The molecule has 30 heavy (non-hydrogen) atoms. The number of hydrogen-bond acceptors (Lipinski definition) is 5. The fourth-order valence-electron chi connectivity index (χ4n) is 2.89. The van der Waals surface area contributed by atoms with E-state index in [1.807, 2.05) is 37.3 Å². The molecule has 2 aromatic carbocycles. The number of halogens is 2. The molecule has 0 aliphatic heterocycles. The van der Waals surface area contributed by atoms with E-state index < -0.39 is 35.8 Å². The van der Waals surface area contributed by atoms with Crippen LogP contribution >= 0.6 is 11.3 Å². The normalized spacial score (nSPS) is 10.9. The highest BCUT2D eigenvalue weighted by atomic mass is 32.1. The van der Waals surface area contributed by atoms with Crippen LogP contribution in [0.3, 0.4) is 0 Å². The van der Waals surface area contributed by atoms with Gasteiger partial charge in [0.2, 0.25) is 0 Å². The van der Waals surface area contributed by atoms with Crippen molar-refractivity contribution < 1.29 is 23.1 Å². The van der Waals surface area contributed by atoms with Gasteiger partial charge in [-0.1, -0.05) is 24.3 Å². The molecule has 4 aromatic rings. The molecule has 0 saturated heterocycles. The first-order chi connectivity index (χ1) is 14.4. The lowest BCUT2D eigenvalue weighted by atomic mass is 10.3. The third-order valence-electron chi connectivity index (χ3n) is 4.31. The van der Waals surface area contributed by atoms with Gasteiger partial charge in [-0.3, -0.25) is 4.79 Å². The quantitative estimate of drug-likeness (QED) is 0.477. The monoisotopic (exact) mass is 427 g/mol. The number of carbonyl (C=O) groups is 2. The molecule has 2 heterocycles. The molecule has 4 rings (SSSR count). The Bertz CT molecular complexity index is 1230. The molecule has 0 fully saturated rings. The molecule has 0 radical (unpaired) electrons. The number of thiophene rings is 1. The smallest absolute Gasteiger partial charge is 0.348 e. The molecular weight excluding hydrogens is 412 g/mol. The maximum absolute atomic E-state index is 13.6. The number of aromatic nitrogens is 2. The zero-order valence-electron chi connectivity index (χ0n) is 15.7. The van der Waals surface area contributed by atoms with Crippen LogP contribution < -0.4 is 5.32 Å². The van der Waals surface area contributed by atoms with E-state index in [-0.39, 0.29) is 0 Å². The van der Waals surface area contributed by atoms with Gasteiger partial charge in [0.05, 0.1) is 11.4 Å². The minimum atomic E-state index is -0.917. The Balaban J connectivity index is 1.48. The van der Waals surface area contributed by atoms with Crippen molar-refractivity contribution in [1.82, 2.24) is 9.78 Å². The average molecular weight is 427 g/mol.